The Morgan fingerprint density at radius 1 is 1.22 bits per heavy atom. The van der Waals surface area contributed by atoms with Gasteiger partial charge in [-0.15, -0.1) is 0 Å². The van der Waals surface area contributed by atoms with Gasteiger partial charge in [0.25, 0.3) is 0 Å². The van der Waals surface area contributed by atoms with Gasteiger partial charge < -0.3 is 14.8 Å². The summed E-state index contributed by atoms with van der Waals surface area (Å²) in [5, 5.41) is 4.44. The van der Waals surface area contributed by atoms with Gasteiger partial charge in [-0.25, -0.2) is 0 Å². The van der Waals surface area contributed by atoms with Crippen LogP contribution in [0.1, 0.15) is 5.56 Å². The molecule has 2 aromatic rings. The standard InChI is InChI=1S/C17H16BrCl2NO2/c1-3-6-23-17-15(20)7-11(8-16(17)22-2)10-21-12-4-5-13(18)14(19)9-12/h3-5,7-9,21H,1,6,10H2,2H3. The summed E-state index contributed by atoms with van der Waals surface area (Å²) in [6.45, 7) is 4.57. The van der Waals surface area contributed by atoms with Crippen molar-refractivity contribution < 1.29 is 9.47 Å². The van der Waals surface area contributed by atoms with Crippen LogP contribution in [-0.4, -0.2) is 13.7 Å². The van der Waals surface area contributed by atoms with Gasteiger partial charge in [0.2, 0.25) is 0 Å². The minimum atomic E-state index is 0.366. The van der Waals surface area contributed by atoms with Crippen molar-refractivity contribution in [1.82, 2.24) is 0 Å². The van der Waals surface area contributed by atoms with Crippen molar-refractivity contribution in [2.24, 2.45) is 0 Å². The molecule has 0 spiro atoms. The number of rotatable bonds is 7. The number of ether oxygens (including phenoxy) is 2. The number of hydrogen-bond acceptors (Lipinski definition) is 3. The van der Waals surface area contributed by atoms with E-state index in [1.165, 1.54) is 0 Å². The van der Waals surface area contributed by atoms with Crippen LogP contribution < -0.4 is 14.8 Å². The Balaban J connectivity index is 2.15. The van der Waals surface area contributed by atoms with Crippen LogP contribution in [0.4, 0.5) is 5.69 Å². The number of benzene rings is 2. The van der Waals surface area contributed by atoms with Crippen molar-refractivity contribution in [3.63, 3.8) is 0 Å². The van der Waals surface area contributed by atoms with Gasteiger partial charge in [0, 0.05) is 16.7 Å². The Kier molecular flexibility index (Phi) is 6.63. The summed E-state index contributed by atoms with van der Waals surface area (Å²) >= 11 is 15.7. The fourth-order valence-corrected chi connectivity index (χ4v) is 2.68. The predicted molar refractivity (Wildman–Crippen MR) is 100 cm³/mol. The first-order valence-corrected chi connectivity index (χ1v) is 8.39. The van der Waals surface area contributed by atoms with Crippen LogP contribution >= 0.6 is 39.1 Å². The molecule has 0 radical (unpaired) electrons. The van der Waals surface area contributed by atoms with E-state index in [1.54, 1.807) is 13.2 Å². The molecule has 0 unspecified atom stereocenters. The molecule has 0 aliphatic rings. The second-order valence-corrected chi connectivity index (χ2v) is 6.36. The van der Waals surface area contributed by atoms with Crippen LogP contribution in [0.25, 0.3) is 0 Å². The van der Waals surface area contributed by atoms with E-state index < -0.39 is 0 Å². The van der Waals surface area contributed by atoms with Gasteiger partial charge in [0.15, 0.2) is 11.5 Å². The topological polar surface area (TPSA) is 30.5 Å². The third-order valence-corrected chi connectivity index (χ3v) is 4.56. The minimum Gasteiger partial charge on any atom is -0.493 e. The zero-order valence-electron chi connectivity index (χ0n) is 12.5. The van der Waals surface area contributed by atoms with Crippen LogP contribution in [0.2, 0.25) is 10.0 Å². The summed E-state index contributed by atoms with van der Waals surface area (Å²) < 4.78 is 11.7. The Morgan fingerprint density at radius 3 is 2.65 bits per heavy atom. The summed E-state index contributed by atoms with van der Waals surface area (Å²) in [6.07, 6.45) is 1.66. The van der Waals surface area contributed by atoms with E-state index in [0.29, 0.717) is 34.7 Å². The smallest absolute Gasteiger partial charge is 0.180 e. The molecule has 23 heavy (non-hydrogen) atoms. The first-order chi connectivity index (χ1) is 11.0. The zero-order valence-corrected chi connectivity index (χ0v) is 15.6. The number of halogens is 3. The number of nitrogens with one attached hydrogen (secondary N) is 1. The van der Waals surface area contributed by atoms with Crippen molar-refractivity contribution in [3.8, 4) is 11.5 Å². The average molecular weight is 417 g/mol. The molecular formula is C17H16BrCl2NO2. The highest BCUT2D eigenvalue weighted by Gasteiger charge is 2.11. The largest absolute Gasteiger partial charge is 0.493 e. The molecule has 0 saturated heterocycles. The molecule has 0 bridgehead atoms. The van der Waals surface area contributed by atoms with E-state index in [1.807, 2.05) is 30.3 Å². The molecular weight excluding hydrogens is 401 g/mol. The summed E-state index contributed by atoms with van der Waals surface area (Å²) in [5.41, 5.74) is 1.89. The lowest BCUT2D eigenvalue weighted by Crippen LogP contribution is -2.02. The quantitative estimate of drug-likeness (QED) is 0.566. The highest BCUT2D eigenvalue weighted by Crippen LogP contribution is 2.36. The van der Waals surface area contributed by atoms with Gasteiger partial charge in [-0.1, -0.05) is 35.9 Å². The third-order valence-electron chi connectivity index (χ3n) is 3.05. The van der Waals surface area contributed by atoms with E-state index in [4.69, 9.17) is 32.7 Å². The SMILES string of the molecule is C=CCOc1c(Cl)cc(CNc2ccc(Br)c(Cl)c2)cc1OC. The van der Waals surface area contributed by atoms with Gasteiger partial charge in [-0.05, 0) is 51.8 Å². The highest BCUT2D eigenvalue weighted by atomic mass is 79.9. The summed E-state index contributed by atoms with van der Waals surface area (Å²) in [7, 11) is 1.58. The Hall–Kier alpha value is -1.36. The lowest BCUT2D eigenvalue weighted by molar-refractivity contribution is 0.326. The average Bonchev–Trinajstić information content (AvgIpc) is 2.54. The first kappa shape index (κ1) is 18.0. The molecule has 0 aliphatic carbocycles. The Labute approximate surface area is 154 Å². The maximum atomic E-state index is 6.28. The van der Waals surface area contributed by atoms with Crippen LogP contribution in [0.3, 0.4) is 0 Å². The molecule has 0 amide bonds. The molecule has 0 fully saturated rings. The van der Waals surface area contributed by atoms with Gasteiger partial charge >= 0.3 is 0 Å². The summed E-state index contributed by atoms with van der Waals surface area (Å²) in [4.78, 5) is 0. The van der Waals surface area contributed by atoms with Crippen LogP contribution in [0.15, 0.2) is 47.5 Å². The van der Waals surface area contributed by atoms with E-state index >= 15 is 0 Å². The Bertz CT molecular complexity index is 707. The number of anilines is 1. The lowest BCUT2D eigenvalue weighted by atomic mass is 10.2. The second-order valence-electron chi connectivity index (χ2n) is 4.69. The third kappa shape index (κ3) is 4.80. The van der Waals surface area contributed by atoms with Crippen LogP contribution in [-0.2, 0) is 6.54 Å². The fraction of sp³-hybridized carbons (Fsp3) is 0.176. The molecule has 122 valence electrons. The molecule has 0 aliphatic heterocycles. The van der Waals surface area contributed by atoms with Gasteiger partial charge in [0.1, 0.15) is 6.61 Å². The van der Waals surface area contributed by atoms with Crippen molar-refractivity contribution in [1.29, 1.82) is 0 Å². The lowest BCUT2D eigenvalue weighted by Gasteiger charge is -2.14. The van der Waals surface area contributed by atoms with E-state index in [-0.39, 0.29) is 0 Å². The molecule has 2 rings (SSSR count). The van der Waals surface area contributed by atoms with E-state index in [2.05, 4.69) is 27.8 Å². The van der Waals surface area contributed by atoms with Gasteiger partial charge in [-0.2, -0.15) is 0 Å². The second kappa shape index (κ2) is 8.48. The normalized spacial score (nSPS) is 10.3. The summed E-state index contributed by atoms with van der Waals surface area (Å²) in [5.74, 6) is 1.11. The Morgan fingerprint density at radius 2 is 2.00 bits per heavy atom. The van der Waals surface area contributed by atoms with Crippen LogP contribution in [0, 0.1) is 0 Å². The minimum absolute atomic E-state index is 0.366. The summed E-state index contributed by atoms with van der Waals surface area (Å²) in [6, 6.07) is 9.42. The van der Waals surface area contributed by atoms with Crippen molar-refractivity contribution in [3.05, 3.63) is 63.1 Å². The molecule has 1 N–H and O–H groups in total. The molecule has 0 atom stereocenters. The molecule has 3 nitrogen and oxygen atoms in total. The molecule has 2 aromatic carbocycles. The molecule has 0 heterocycles. The monoisotopic (exact) mass is 415 g/mol. The highest BCUT2D eigenvalue weighted by molar-refractivity contribution is 9.10. The fourth-order valence-electron chi connectivity index (χ4n) is 1.97. The molecule has 0 aromatic heterocycles. The maximum absolute atomic E-state index is 6.28. The zero-order chi connectivity index (χ0) is 16.8. The first-order valence-electron chi connectivity index (χ1n) is 6.84. The van der Waals surface area contributed by atoms with Crippen LogP contribution in [0.5, 0.6) is 11.5 Å². The number of methoxy groups -OCH3 is 1. The maximum Gasteiger partial charge on any atom is 0.180 e. The van der Waals surface area contributed by atoms with E-state index in [9.17, 15) is 0 Å². The van der Waals surface area contributed by atoms with Gasteiger partial charge in [-0.3, -0.25) is 0 Å². The van der Waals surface area contributed by atoms with Gasteiger partial charge in [0.05, 0.1) is 17.2 Å². The van der Waals surface area contributed by atoms with E-state index in [0.717, 1.165) is 15.7 Å². The van der Waals surface area contributed by atoms with Crippen molar-refractivity contribution in [2.45, 2.75) is 6.54 Å². The predicted octanol–water partition coefficient (Wildman–Crippen LogP) is 5.94. The molecule has 0 saturated carbocycles. The van der Waals surface area contributed by atoms with Crippen molar-refractivity contribution >= 4 is 44.8 Å². The number of hydrogen-bond donors (Lipinski definition) is 1. The van der Waals surface area contributed by atoms with Crippen molar-refractivity contribution in [2.75, 3.05) is 19.0 Å². The molecule has 6 heteroatoms.